The highest BCUT2D eigenvalue weighted by molar-refractivity contribution is 6.32. The first kappa shape index (κ1) is 17.1. The average molecular weight is 383 g/mol. The summed E-state index contributed by atoms with van der Waals surface area (Å²) in [5.74, 6) is 0.843. The molecule has 8 heteroatoms. The number of nitrogens with zero attached hydrogens (tertiary/aromatic N) is 3. The number of fused-ring (bicyclic) bond motifs is 1. The normalized spacial score (nSPS) is 12.5. The van der Waals surface area contributed by atoms with Crippen molar-refractivity contribution in [1.29, 1.82) is 0 Å². The van der Waals surface area contributed by atoms with Crippen molar-refractivity contribution >= 4 is 29.3 Å². The predicted molar refractivity (Wildman–Crippen MR) is 101 cm³/mol. The highest BCUT2D eigenvalue weighted by atomic mass is 35.5. The van der Waals surface area contributed by atoms with Crippen LogP contribution < -0.4 is 14.8 Å². The first-order valence-corrected chi connectivity index (χ1v) is 8.55. The van der Waals surface area contributed by atoms with E-state index in [9.17, 15) is 4.79 Å². The first-order chi connectivity index (χ1) is 13.2. The molecule has 4 rings (SSSR count). The van der Waals surface area contributed by atoms with Crippen LogP contribution in [0.4, 0.5) is 5.69 Å². The SMILES string of the molecule is O=C(C=Cc1cc(Cl)c2c(c1)OCO2)Nc1ccccc1Cn1cncn1. The lowest BCUT2D eigenvalue weighted by Gasteiger charge is -2.09. The average Bonchev–Trinajstić information content (AvgIpc) is 3.33. The van der Waals surface area contributed by atoms with Gasteiger partial charge in [-0.25, -0.2) is 9.67 Å². The Morgan fingerprint density at radius 2 is 2.19 bits per heavy atom. The summed E-state index contributed by atoms with van der Waals surface area (Å²) in [6.45, 7) is 0.656. The molecule has 0 radical (unpaired) electrons. The molecule has 136 valence electrons. The number of hydrogen-bond donors (Lipinski definition) is 1. The molecule has 0 saturated carbocycles. The molecule has 1 aromatic heterocycles. The maximum Gasteiger partial charge on any atom is 0.248 e. The molecule has 0 bridgehead atoms. The zero-order valence-electron chi connectivity index (χ0n) is 14.1. The summed E-state index contributed by atoms with van der Waals surface area (Å²) >= 11 is 6.16. The number of halogens is 1. The van der Waals surface area contributed by atoms with Crippen LogP contribution in [0, 0.1) is 0 Å². The number of rotatable bonds is 5. The fourth-order valence-electron chi connectivity index (χ4n) is 2.70. The topological polar surface area (TPSA) is 78.3 Å². The minimum atomic E-state index is -0.255. The summed E-state index contributed by atoms with van der Waals surface area (Å²) in [5, 5.41) is 7.42. The number of aromatic nitrogens is 3. The van der Waals surface area contributed by atoms with Crippen LogP contribution in [0.3, 0.4) is 0 Å². The fourth-order valence-corrected chi connectivity index (χ4v) is 2.97. The second-order valence-electron chi connectivity index (χ2n) is 5.81. The Balaban J connectivity index is 1.47. The second-order valence-corrected chi connectivity index (χ2v) is 6.22. The molecule has 1 aliphatic rings. The maximum absolute atomic E-state index is 12.3. The van der Waals surface area contributed by atoms with Crippen LogP contribution in [0.25, 0.3) is 6.08 Å². The fraction of sp³-hybridized carbons (Fsp3) is 0.105. The Hall–Kier alpha value is -3.32. The highest BCUT2D eigenvalue weighted by Crippen LogP contribution is 2.40. The van der Waals surface area contributed by atoms with E-state index in [4.69, 9.17) is 21.1 Å². The number of anilines is 1. The van der Waals surface area contributed by atoms with Crippen molar-refractivity contribution in [2.75, 3.05) is 12.1 Å². The standard InChI is InChI=1S/C19H15ClN4O3/c20-15-7-13(8-17-19(15)27-12-26-17)5-6-18(25)23-16-4-2-1-3-14(16)9-24-11-21-10-22-24/h1-8,10-11H,9,12H2,(H,23,25). The summed E-state index contributed by atoms with van der Waals surface area (Å²) in [6, 6.07) is 11.0. The van der Waals surface area contributed by atoms with Crippen LogP contribution >= 0.6 is 11.6 Å². The zero-order chi connectivity index (χ0) is 18.6. The van der Waals surface area contributed by atoms with Crippen LogP contribution in [0.2, 0.25) is 5.02 Å². The first-order valence-electron chi connectivity index (χ1n) is 8.17. The molecule has 7 nitrogen and oxygen atoms in total. The number of benzene rings is 2. The Kier molecular flexibility index (Phi) is 4.76. The van der Waals surface area contributed by atoms with E-state index < -0.39 is 0 Å². The van der Waals surface area contributed by atoms with E-state index >= 15 is 0 Å². The maximum atomic E-state index is 12.3. The van der Waals surface area contributed by atoms with Gasteiger partial charge in [-0.15, -0.1) is 0 Å². The van der Waals surface area contributed by atoms with Crippen molar-refractivity contribution in [2.45, 2.75) is 6.54 Å². The van der Waals surface area contributed by atoms with Crippen LogP contribution in [0.1, 0.15) is 11.1 Å². The number of amides is 1. The van der Waals surface area contributed by atoms with Crippen molar-refractivity contribution in [3.8, 4) is 11.5 Å². The summed E-state index contributed by atoms with van der Waals surface area (Å²) in [6.07, 6.45) is 6.21. The number of nitrogens with one attached hydrogen (secondary N) is 1. The molecule has 3 aromatic rings. The molecule has 2 heterocycles. The largest absolute Gasteiger partial charge is 0.454 e. The smallest absolute Gasteiger partial charge is 0.248 e. The molecule has 0 unspecified atom stereocenters. The van der Waals surface area contributed by atoms with Gasteiger partial charge >= 0.3 is 0 Å². The third-order valence-electron chi connectivity index (χ3n) is 3.95. The lowest BCUT2D eigenvalue weighted by molar-refractivity contribution is -0.111. The van der Waals surface area contributed by atoms with Gasteiger partial charge in [0.1, 0.15) is 12.7 Å². The third-order valence-corrected chi connectivity index (χ3v) is 4.23. The molecule has 1 N–H and O–H groups in total. The van der Waals surface area contributed by atoms with E-state index in [1.54, 1.807) is 29.2 Å². The zero-order valence-corrected chi connectivity index (χ0v) is 14.9. The molecule has 1 amide bonds. The van der Waals surface area contributed by atoms with Crippen LogP contribution in [-0.2, 0) is 11.3 Å². The summed E-state index contributed by atoms with van der Waals surface area (Å²) < 4.78 is 12.3. The third kappa shape index (κ3) is 3.93. The molecular formula is C19H15ClN4O3. The van der Waals surface area contributed by atoms with Gasteiger partial charge in [0.05, 0.1) is 11.6 Å². The minimum absolute atomic E-state index is 0.144. The number of ether oxygens (including phenoxy) is 2. The monoisotopic (exact) mass is 382 g/mol. The number of carbonyl (C=O) groups excluding carboxylic acids is 1. The molecule has 0 fully saturated rings. The van der Waals surface area contributed by atoms with E-state index in [1.165, 1.54) is 12.4 Å². The Morgan fingerprint density at radius 1 is 1.30 bits per heavy atom. The molecular weight excluding hydrogens is 368 g/mol. The van der Waals surface area contributed by atoms with Crippen molar-refractivity contribution in [2.24, 2.45) is 0 Å². The van der Waals surface area contributed by atoms with Crippen molar-refractivity contribution in [3.63, 3.8) is 0 Å². The van der Waals surface area contributed by atoms with E-state index in [-0.39, 0.29) is 12.7 Å². The van der Waals surface area contributed by atoms with Crippen molar-refractivity contribution < 1.29 is 14.3 Å². The molecule has 0 atom stereocenters. The second kappa shape index (κ2) is 7.51. The summed E-state index contributed by atoms with van der Waals surface area (Å²) in [7, 11) is 0. The van der Waals surface area contributed by atoms with Gasteiger partial charge in [-0.2, -0.15) is 5.10 Å². The van der Waals surface area contributed by atoms with Crippen LogP contribution in [0.15, 0.2) is 55.1 Å². The van der Waals surface area contributed by atoms with Crippen LogP contribution in [0.5, 0.6) is 11.5 Å². The lowest BCUT2D eigenvalue weighted by atomic mass is 10.1. The highest BCUT2D eigenvalue weighted by Gasteiger charge is 2.17. The van der Waals surface area contributed by atoms with E-state index in [2.05, 4.69) is 15.4 Å². The quantitative estimate of drug-likeness (QED) is 0.684. The van der Waals surface area contributed by atoms with Gasteiger partial charge in [-0.1, -0.05) is 29.8 Å². The van der Waals surface area contributed by atoms with Gasteiger partial charge in [0.25, 0.3) is 0 Å². The number of carbonyl (C=O) groups is 1. The summed E-state index contributed by atoms with van der Waals surface area (Å²) in [5.41, 5.74) is 2.39. The molecule has 0 saturated heterocycles. The van der Waals surface area contributed by atoms with E-state index in [0.717, 1.165) is 11.1 Å². The van der Waals surface area contributed by atoms with E-state index in [1.807, 2.05) is 24.3 Å². The Morgan fingerprint density at radius 3 is 3.04 bits per heavy atom. The van der Waals surface area contributed by atoms with Gasteiger partial charge in [-0.05, 0) is 35.4 Å². The van der Waals surface area contributed by atoms with Gasteiger partial charge in [0, 0.05) is 11.8 Å². The molecule has 2 aromatic carbocycles. The van der Waals surface area contributed by atoms with Gasteiger partial charge in [0.15, 0.2) is 11.5 Å². The number of para-hydroxylation sites is 1. The molecule has 0 spiro atoms. The summed E-state index contributed by atoms with van der Waals surface area (Å²) in [4.78, 5) is 16.3. The van der Waals surface area contributed by atoms with Crippen LogP contribution in [-0.4, -0.2) is 27.5 Å². The Bertz CT molecular complexity index is 1000. The number of hydrogen-bond acceptors (Lipinski definition) is 5. The van der Waals surface area contributed by atoms with Crippen molar-refractivity contribution in [3.05, 3.63) is 71.3 Å². The predicted octanol–water partition coefficient (Wildman–Crippen LogP) is 3.36. The van der Waals surface area contributed by atoms with Gasteiger partial charge < -0.3 is 14.8 Å². The van der Waals surface area contributed by atoms with E-state index in [0.29, 0.717) is 28.8 Å². The lowest BCUT2D eigenvalue weighted by Crippen LogP contribution is -2.11. The van der Waals surface area contributed by atoms with Gasteiger partial charge in [0.2, 0.25) is 12.7 Å². The Labute approximate surface area is 160 Å². The van der Waals surface area contributed by atoms with Crippen molar-refractivity contribution in [1.82, 2.24) is 14.8 Å². The molecule has 27 heavy (non-hydrogen) atoms. The molecule has 1 aliphatic heterocycles. The molecule has 0 aliphatic carbocycles. The van der Waals surface area contributed by atoms with Gasteiger partial charge in [-0.3, -0.25) is 4.79 Å². The minimum Gasteiger partial charge on any atom is -0.454 e.